The van der Waals surface area contributed by atoms with E-state index in [0.717, 1.165) is 12.0 Å². The first-order valence-corrected chi connectivity index (χ1v) is 7.24. The molecule has 6 nitrogen and oxygen atoms in total. The predicted molar refractivity (Wildman–Crippen MR) is 85.8 cm³/mol. The van der Waals surface area contributed by atoms with E-state index in [9.17, 15) is 4.79 Å². The lowest BCUT2D eigenvalue weighted by molar-refractivity contribution is 0.0934. The van der Waals surface area contributed by atoms with Gasteiger partial charge < -0.3 is 10.2 Å². The lowest BCUT2D eigenvalue weighted by atomic mass is 10.1. The molecule has 0 saturated heterocycles. The Bertz CT molecular complexity index is 642. The molecular weight excluding hydrogens is 278 g/mol. The maximum Gasteiger partial charge on any atom is 0.255 e. The molecule has 1 unspecified atom stereocenters. The highest BCUT2D eigenvalue weighted by Crippen LogP contribution is 2.17. The molecule has 2 heterocycles. The summed E-state index contributed by atoms with van der Waals surface area (Å²) in [6, 6.07) is 3.77. The third kappa shape index (κ3) is 3.58. The number of carbonyl (C=O) groups is 1. The van der Waals surface area contributed by atoms with E-state index in [1.165, 1.54) is 0 Å². The van der Waals surface area contributed by atoms with Gasteiger partial charge in [-0.05, 0) is 31.0 Å². The molecular formula is C16H21N5O. The van der Waals surface area contributed by atoms with Gasteiger partial charge in [0.1, 0.15) is 0 Å². The van der Waals surface area contributed by atoms with Gasteiger partial charge in [0.15, 0.2) is 0 Å². The molecule has 0 aliphatic heterocycles. The Labute approximate surface area is 130 Å². The second kappa shape index (κ2) is 6.98. The SMILES string of the molecule is CCC(NC(=O)c1cnc(N(C)C)nc1C)c1ccncc1. The molecule has 116 valence electrons. The van der Waals surface area contributed by atoms with Crippen LogP contribution in [0.25, 0.3) is 0 Å². The maximum absolute atomic E-state index is 12.5. The summed E-state index contributed by atoms with van der Waals surface area (Å²) in [4.78, 5) is 26.8. The molecule has 2 rings (SSSR count). The Morgan fingerprint density at radius 3 is 2.55 bits per heavy atom. The van der Waals surface area contributed by atoms with E-state index >= 15 is 0 Å². The van der Waals surface area contributed by atoms with Crippen molar-refractivity contribution in [1.29, 1.82) is 0 Å². The molecule has 22 heavy (non-hydrogen) atoms. The number of amides is 1. The number of pyridine rings is 1. The fourth-order valence-corrected chi connectivity index (χ4v) is 2.15. The smallest absolute Gasteiger partial charge is 0.255 e. The van der Waals surface area contributed by atoms with Gasteiger partial charge in [-0.25, -0.2) is 9.97 Å². The molecule has 0 spiro atoms. The van der Waals surface area contributed by atoms with Gasteiger partial charge in [-0.15, -0.1) is 0 Å². The highest BCUT2D eigenvalue weighted by Gasteiger charge is 2.17. The van der Waals surface area contributed by atoms with Crippen LogP contribution < -0.4 is 10.2 Å². The topological polar surface area (TPSA) is 71.0 Å². The molecule has 0 aromatic carbocycles. The Kier molecular flexibility index (Phi) is 5.04. The summed E-state index contributed by atoms with van der Waals surface area (Å²) in [7, 11) is 3.73. The Hall–Kier alpha value is -2.50. The molecule has 0 saturated carbocycles. The zero-order chi connectivity index (χ0) is 16.1. The van der Waals surface area contributed by atoms with Gasteiger partial charge in [0.05, 0.1) is 17.3 Å². The summed E-state index contributed by atoms with van der Waals surface area (Å²) in [5.74, 6) is 0.432. The Morgan fingerprint density at radius 1 is 1.32 bits per heavy atom. The first-order chi connectivity index (χ1) is 10.5. The van der Waals surface area contributed by atoms with Gasteiger partial charge in [0, 0.05) is 32.7 Å². The molecule has 0 aliphatic carbocycles. The van der Waals surface area contributed by atoms with Crippen LogP contribution in [0.1, 0.15) is 41.0 Å². The van der Waals surface area contributed by atoms with Crippen LogP contribution in [0.3, 0.4) is 0 Å². The zero-order valence-corrected chi connectivity index (χ0v) is 13.4. The highest BCUT2D eigenvalue weighted by atomic mass is 16.1. The Balaban J connectivity index is 2.18. The van der Waals surface area contributed by atoms with Crippen molar-refractivity contribution in [3.63, 3.8) is 0 Å². The van der Waals surface area contributed by atoms with E-state index in [1.54, 1.807) is 23.5 Å². The van der Waals surface area contributed by atoms with Gasteiger partial charge in [-0.1, -0.05) is 6.92 Å². The summed E-state index contributed by atoms with van der Waals surface area (Å²) in [5.41, 5.74) is 2.20. The fraction of sp³-hybridized carbons (Fsp3) is 0.375. The fourth-order valence-electron chi connectivity index (χ4n) is 2.15. The number of carbonyl (C=O) groups excluding carboxylic acids is 1. The second-order valence-electron chi connectivity index (χ2n) is 5.28. The van der Waals surface area contributed by atoms with Gasteiger partial charge in [-0.2, -0.15) is 0 Å². The molecule has 1 atom stereocenters. The second-order valence-corrected chi connectivity index (χ2v) is 5.28. The van der Waals surface area contributed by atoms with Crippen LogP contribution in [0.4, 0.5) is 5.95 Å². The van der Waals surface area contributed by atoms with Crippen molar-refractivity contribution < 1.29 is 4.79 Å². The van der Waals surface area contributed by atoms with Crippen molar-refractivity contribution in [2.24, 2.45) is 0 Å². The number of aromatic nitrogens is 3. The minimum Gasteiger partial charge on any atom is -0.347 e. The van der Waals surface area contributed by atoms with Gasteiger partial charge in [0.25, 0.3) is 5.91 Å². The van der Waals surface area contributed by atoms with Crippen LogP contribution in [-0.4, -0.2) is 35.0 Å². The van der Waals surface area contributed by atoms with Crippen molar-refractivity contribution in [2.75, 3.05) is 19.0 Å². The molecule has 1 N–H and O–H groups in total. The number of anilines is 1. The van der Waals surface area contributed by atoms with Crippen molar-refractivity contribution in [3.8, 4) is 0 Å². The van der Waals surface area contributed by atoms with Crippen LogP contribution in [0, 0.1) is 6.92 Å². The predicted octanol–water partition coefficient (Wildman–Crippen LogP) is 2.13. The number of aryl methyl sites for hydroxylation is 1. The maximum atomic E-state index is 12.5. The van der Waals surface area contributed by atoms with Gasteiger partial charge in [-0.3, -0.25) is 9.78 Å². The quantitative estimate of drug-likeness (QED) is 0.915. The molecule has 2 aromatic rings. The average molecular weight is 299 g/mol. The highest BCUT2D eigenvalue weighted by molar-refractivity contribution is 5.95. The van der Waals surface area contributed by atoms with Crippen molar-refractivity contribution >= 4 is 11.9 Å². The first kappa shape index (κ1) is 15.9. The molecule has 0 fully saturated rings. The summed E-state index contributed by atoms with van der Waals surface area (Å²) >= 11 is 0. The average Bonchev–Trinajstić information content (AvgIpc) is 2.53. The van der Waals surface area contributed by atoms with Crippen molar-refractivity contribution in [3.05, 3.63) is 47.5 Å². The molecule has 0 aliphatic rings. The molecule has 0 bridgehead atoms. The summed E-state index contributed by atoms with van der Waals surface area (Å²) in [5, 5.41) is 3.03. The summed E-state index contributed by atoms with van der Waals surface area (Å²) in [6.45, 7) is 3.85. The number of nitrogens with zero attached hydrogens (tertiary/aromatic N) is 4. The third-order valence-corrected chi connectivity index (χ3v) is 3.43. The minimum atomic E-state index is -0.161. The number of rotatable bonds is 5. The molecule has 6 heteroatoms. The third-order valence-electron chi connectivity index (χ3n) is 3.43. The van der Waals surface area contributed by atoms with E-state index in [1.807, 2.05) is 40.1 Å². The van der Waals surface area contributed by atoms with Crippen LogP contribution in [0.15, 0.2) is 30.7 Å². The number of nitrogens with one attached hydrogen (secondary N) is 1. The van der Waals surface area contributed by atoms with E-state index in [0.29, 0.717) is 17.2 Å². The first-order valence-electron chi connectivity index (χ1n) is 7.24. The van der Waals surface area contributed by atoms with Gasteiger partial charge >= 0.3 is 0 Å². The Morgan fingerprint density at radius 2 is 2.00 bits per heavy atom. The van der Waals surface area contributed by atoms with Crippen LogP contribution in [-0.2, 0) is 0 Å². The van der Waals surface area contributed by atoms with Crippen molar-refractivity contribution in [1.82, 2.24) is 20.3 Å². The number of hydrogen-bond donors (Lipinski definition) is 1. The zero-order valence-electron chi connectivity index (χ0n) is 13.4. The van der Waals surface area contributed by atoms with E-state index < -0.39 is 0 Å². The lowest BCUT2D eigenvalue weighted by Gasteiger charge is -2.18. The van der Waals surface area contributed by atoms with Crippen LogP contribution in [0.5, 0.6) is 0 Å². The minimum absolute atomic E-state index is 0.0524. The normalized spacial score (nSPS) is 11.8. The summed E-state index contributed by atoms with van der Waals surface area (Å²) < 4.78 is 0. The van der Waals surface area contributed by atoms with Crippen LogP contribution >= 0.6 is 0 Å². The van der Waals surface area contributed by atoms with Crippen LogP contribution in [0.2, 0.25) is 0 Å². The van der Waals surface area contributed by atoms with Gasteiger partial charge in [0.2, 0.25) is 5.95 Å². The van der Waals surface area contributed by atoms with E-state index in [-0.39, 0.29) is 11.9 Å². The lowest BCUT2D eigenvalue weighted by Crippen LogP contribution is -2.29. The summed E-state index contributed by atoms with van der Waals surface area (Å²) in [6.07, 6.45) is 5.83. The van der Waals surface area contributed by atoms with E-state index in [4.69, 9.17) is 0 Å². The monoisotopic (exact) mass is 299 g/mol. The van der Waals surface area contributed by atoms with E-state index in [2.05, 4.69) is 20.3 Å². The number of hydrogen-bond acceptors (Lipinski definition) is 5. The molecule has 1 amide bonds. The largest absolute Gasteiger partial charge is 0.347 e. The molecule has 2 aromatic heterocycles. The van der Waals surface area contributed by atoms with Crippen molar-refractivity contribution in [2.45, 2.75) is 26.3 Å². The standard InChI is InChI=1S/C16H21N5O/c1-5-14(12-6-8-17-9-7-12)20-15(22)13-10-18-16(21(3)4)19-11(13)2/h6-10,14H,5H2,1-4H3,(H,20,22). The molecule has 0 radical (unpaired) electrons.